The van der Waals surface area contributed by atoms with Crippen molar-refractivity contribution < 1.29 is 19.2 Å². The molecular formula is C23H22ClN3O4. The zero-order chi connectivity index (χ0) is 22.1. The van der Waals surface area contributed by atoms with Crippen molar-refractivity contribution in [2.24, 2.45) is 7.05 Å². The number of hydrogen-bond donors (Lipinski definition) is 1. The molecule has 2 aromatic heterocycles. The van der Waals surface area contributed by atoms with Crippen LogP contribution >= 0.6 is 11.6 Å². The molecular weight excluding hydrogens is 418 g/mol. The van der Waals surface area contributed by atoms with Crippen LogP contribution < -0.4 is 4.74 Å². The Morgan fingerprint density at radius 2 is 2.06 bits per heavy atom. The van der Waals surface area contributed by atoms with Gasteiger partial charge in [0, 0.05) is 36.2 Å². The standard InChI is InChI=1S/C23H22ClN3O4/c1-13(2)30-19-8-5-15(12-18(19)24)23-25-22(26-31-23)17-7-4-14(6-9-20(28)29)16-10-11-27(3)21(16)17/h4-5,7-8,10-13H,6,9H2,1-3H3,(H,28,29). The molecule has 2 heterocycles. The number of aryl methyl sites for hydroxylation is 2. The number of halogens is 1. The first-order valence-corrected chi connectivity index (χ1v) is 10.3. The molecule has 4 aromatic rings. The fraction of sp³-hybridized carbons (Fsp3) is 0.261. The molecule has 0 radical (unpaired) electrons. The van der Waals surface area contributed by atoms with Crippen molar-refractivity contribution in [3.05, 3.63) is 53.2 Å². The Morgan fingerprint density at radius 3 is 2.77 bits per heavy atom. The van der Waals surface area contributed by atoms with Crippen LogP contribution in [0.3, 0.4) is 0 Å². The average molecular weight is 440 g/mol. The van der Waals surface area contributed by atoms with Gasteiger partial charge in [-0.1, -0.05) is 22.8 Å². The molecule has 0 aliphatic rings. The Labute approximate surface area is 184 Å². The van der Waals surface area contributed by atoms with Gasteiger partial charge in [0.15, 0.2) is 0 Å². The quantitative estimate of drug-likeness (QED) is 0.417. The number of carboxylic acid groups (broad SMARTS) is 1. The van der Waals surface area contributed by atoms with Gasteiger partial charge in [-0.15, -0.1) is 0 Å². The molecule has 8 heteroatoms. The van der Waals surface area contributed by atoms with Crippen molar-refractivity contribution in [3.63, 3.8) is 0 Å². The zero-order valence-electron chi connectivity index (χ0n) is 17.4. The molecule has 160 valence electrons. The highest BCUT2D eigenvalue weighted by Gasteiger charge is 2.18. The van der Waals surface area contributed by atoms with E-state index in [9.17, 15) is 4.79 Å². The van der Waals surface area contributed by atoms with Gasteiger partial charge in [-0.25, -0.2) is 0 Å². The number of carboxylic acids is 1. The smallest absolute Gasteiger partial charge is 0.303 e. The maximum atomic E-state index is 11.0. The van der Waals surface area contributed by atoms with Crippen LogP contribution in [0.15, 0.2) is 47.1 Å². The first-order valence-electron chi connectivity index (χ1n) is 9.93. The number of aromatic nitrogens is 3. The summed E-state index contributed by atoms with van der Waals surface area (Å²) in [6.07, 6.45) is 2.49. The second kappa shape index (κ2) is 8.43. The Balaban J connectivity index is 1.69. The summed E-state index contributed by atoms with van der Waals surface area (Å²) < 4.78 is 13.2. The lowest BCUT2D eigenvalue weighted by Gasteiger charge is -2.11. The van der Waals surface area contributed by atoms with E-state index in [-0.39, 0.29) is 12.5 Å². The van der Waals surface area contributed by atoms with Crippen molar-refractivity contribution in [1.82, 2.24) is 14.7 Å². The number of fused-ring (bicyclic) bond motifs is 1. The number of aliphatic carboxylic acids is 1. The zero-order valence-corrected chi connectivity index (χ0v) is 18.2. The number of rotatable bonds is 7. The number of hydrogen-bond acceptors (Lipinski definition) is 5. The molecule has 1 N–H and O–H groups in total. The third-order valence-electron chi connectivity index (χ3n) is 4.94. The lowest BCUT2D eigenvalue weighted by atomic mass is 10.0. The van der Waals surface area contributed by atoms with Crippen LogP contribution in [0.1, 0.15) is 25.8 Å². The lowest BCUT2D eigenvalue weighted by Crippen LogP contribution is -2.05. The van der Waals surface area contributed by atoms with Gasteiger partial charge in [-0.05, 0) is 56.2 Å². The van der Waals surface area contributed by atoms with E-state index in [2.05, 4.69) is 10.1 Å². The second-order valence-corrected chi connectivity index (χ2v) is 8.00. The highest BCUT2D eigenvalue weighted by molar-refractivity contribution is 6.32. The summed E-state index contributed by atoms with van der Waals surface area (Å²) in [6.45, 7) is 3.87. The van der Waals surface area contributed by atoms with E-state index in [1.807, 2.05) is 55.9 Å². The molecule has 0 saturated heterocycles. The van der Waals surface area contributed by atoms with Crippen molar-refractivity contribution in [1.29, 1.82) is 0 Å². The highest BCUT2D eigenvalue weighted by atomic mass is 35.5. The molecule has 0 amide bonds. The van der Waals surface area contributed by atoms with Gasteiger partial charge in [0.05, 0.1) is 16.6 Å². The second-order valence-electron chi connectivity index (χ2n) is 7.59. The van der Waals surface area contributed by atoms with E-state index in [0.717, 1.165) is 22.0 Å². The Kier molecular flexibility index (Phi) is 5.69. The van der Waals surface area contributed by atoms with Crippen molar-refractivity contribution in [3.8, 4) is 28.6 Å². The van der Waals surface area contributed by atoms with E-state index in [0.29, 0.717) is 34.5 Å². The van der Waals surface area contributed by atoms with Crippen molar-refractivity contribution in [2.45, 2.75) is 32.8 Å². The maximum Gasteiger partial charge on any atom is 0.303 e. The maximum absolute atomic E-state index is 11.0. The molecule has 0 fully saturated rings. The summed E-state index contributed by atoms with van der Waals surface area (Å²) >= 11 is 6.34. The van der Waals surface area contributed by atoms with Crippen molar-refractivity contribution in [2.75, 3.05) is 0 Å². The van der Waals surface area contributed by atoms with E-state index < -0.39 is 5.97 Å². The Morgan fingerprint density at radius 1 is 1.26 bits per heavy atom. The van der Waals surface area contributed by atoms with Gasteiger partial charge >= 0.3 is 5.97 Å². The Hall–Kier alpha value is -3.32. The third kappa shape index (κ3) is 4.27. The number of nitrogens with zero attached hydrogens (tertiary/aromatic N) is 3. The summed E-state index contributed by atoms with van der Waals surface area (Å²) in [4.78, 5) is 15.6. The van der Waals surface area contributed by atoms with Crippen LogP contribution in [0.2, 0.25) is 5.02 Å². The average Bonchev–Trinajstić information content (AvgIpc) is 3.35. The number of ether oxygens (including phenoxy) is 1. The molecule has 0 atom stereocenters. The lowest BCUT2D eigenvalue weighted by molar-refractivity contribution is -0.136. The minimum Gasteiger partial charge on any atom is -0.489 e. The van der Waals surface area contributed by atoms with E-state index in [4.69, 9.17) is 26.0 Å². The molecule has 0 saturated carbocycles. The molecule has 0 aliphatic carbocycles. The molecule has 0 spiro atoms. The van der Waals surface area contributed by atoms with Crippen LogP contribution in [0.5, 0.6) is 5.75 Å². The fourth-order valence-corrected chi connectivity index (χ4v) is 3.78. The molecule has 4 rings (SSSR count). The summed E-state index contributed by atoms with van der Waals surface area (Å²) in [5.41, 5.74) is 3.40. The number of benzene rings is 2. The molecule has 2 aromatic carbocycles. The number of carbonyl (C=O) groups is 1. The highest BCUT2D eigenvalue weighted by Crippen LogP contribution is 2.34. The van der Waals surface area contributed by atoms with Gasteiger partial charge in [0.1, 0.15) is 5.75 Å². The molecule has 0 aliphatic heterocycles. The first-order chi connectivity index (χ1) is 14.8. The topological polar surface area (TPSA) is 90.4 Å². The predicted octanol–water partition coefficient (Wildman–Crippen LogP) is 5.35. The van der Waals surface area contributed by atoms with Gasteiger partial charge < -0.3 is 18.9 Å². The summed E-state index contributed by atoms with van der Waals surface area (Å²) in [5.74, 6) is 0.581. The van der Waals surface area contributed by atoms with Gasteiger partial charge in [-0.2, -0.15) is 4.98 Å². The third-order valence-corrected chi connectivity index (χ3v) is 5.24. The minimum atomic E-state index is -0.820. The van der Waals surface area contributed by atoms with E-state index in [1.165, 1.54) is 0 Å². The molecule has 31 heavy (non-hydrogen) atoms. The first kappa shape index (κ1) is 20.9. The van der Waals surface area contributed by atoms with Crippen LogP contribution in [0, 0.1) is 0 Å². The molecule has 0 bridgehead atoms. The largest absolute Gasteiger partial charge is 0.489 e. The minimum absolute atomic E-state index is 0.0181. The SMILES string of the molecule is CC(C)Oc1ccc(-c2nc(-c3ccc(CCC(=O)O)c4ccn(C)c34)no2)cc1Cl. The summed E-state index contributed by atoms with van der Waals surface area (Å²) in [5, 5.41) is 14.6. The van der Waals surface area contributed by atoms with E-state index >= 15 is 0 Å². The summed E-state index contributed by atoms with van der Waals surface area (Å²) in [6, 6.07) is 11.2. The van der Waals surface area contributed by atoms with Crippen molar-refractivity contribution >= 4 is 28.5 Å². The van der Waals surface area contributed by atoms with Crippen LogP contribution in [0.25, 0.3) is 33.7 Å². The normalized spacial score (nSPS) is 11.4. The Bertz CT molecular complexity index is 1260. The van der Waals surface area contributed by atoms with Crippen LogP contribution in [-0.4, -0.2) is 31.9 Å². The van der Waals surface area contributed by atoms with Crippen LogP contribution in [-0.2, 0) is 18.3 Å². The van der Waals surface area contributed by atoms with Gasteiger partial charge in [0.25, 0.3) is 5.89 Å². The molecule has 0 unspecified atom stereocenters. The fourth-order valence-electron chi connectivity index (χ4n) is 3.55. The van der Waals surface area contributed by atoms with E-state index in [1.54, 1.807) is 12.1 Å². The predicted molar refractivity (Wildman–Crippen MR) is 118 cm³/mol. The van der Waals surface area contributed by atoms with Crippen LogP contribution in [0.4, 0.5) is 0 Å². The van der Waals surface area contributed by atoms with Gasteiger partial charge in [-0.3, -0.25) is 4.79 Å². The van der Waals surface area contributed by atoms with Gasteiger partial charge in [0.2, 0.25) is 5.82 Å². The summed E-state index contributed by atoms with van der Waals surface area (Å²) in [7, 11) is 1.93. The monoisotopic (exact) mass is 439 g/mol. The molecule has 7 nitrogen and oxygen atoms in total.